The summed E-state index contributed by atoms with van der Waals surface area (Å²) >= 11 is 0. The van der Waals surface area contributed by atoms with Gasteiger partial charge in [-0.15, -0.1) is 0 Å². The van der Waals surface area contributed by atoms with E-state index in [0.29, 0.717) is 6.42 Å². The van der Waals surface area contributed by atoms with Crippen LogP contribution < -0.4 is 5.32 Å². The van der Waals surface area contributed by atoms with Gasteiger partial charge >= 0.3 is 6.18 Å². The Kier molecular flexibility index (Phi) is 4.19. The fourth-order valence-corrected chi connectivity index (χ4v) is 2.75. The van der Waals surface area contributed by atoms with Crippen molar-refractivity contribution in [2.45, 2.75) is 50.7 Å². The molecule has 1 saturated heterocycles. The molecule has 0 spiro atoms. The lowest BCUT2D eigenvalue weighted by molar-refractivity contribution is -0.137. The fraction of sp³-hybridized carbons (Fsp3) is 0.600. The van der Waals surface area contributed by atoms with E-state index in [1.807, 2.05) is 0 Å². The van der Waals surface area contributed by atoms with E-state index in [4.69, 9.17) is 0 Å². The molecule has 1 atom stereocenters. The highest BCUT2D eigenvalue weighted by molar-refractivity contribution is 5.27. The van der Waals surface area contributed by atoms with E-state index in [1.165, 1.54) is 18.6 Å². The number of hydrogen-bond donors (Lipinski definition) is 1. The van der Waals surface area contributed by atoms with Gasteiger partial charge in [-0.3, -0.25) is 0 Å². The number of benzene rings is 1. The van der Waals surface area contributed by atoms with Gasteiger partial charge in [0.05, 0.1) is 5.56 Å². The summed E-state index contributed by atoms with van der Waals surface area (Å²) in [5.41, 5.74) is 0.120. The van der Waals surface area contributed by atoms with Crippen molar-refractivity contribution in [1.82, 2.24) is 5.32 Å². The molecule has 0 aliphatic carbocycles. The maximum atomic E-state index is 12.7. The van der Waals surface area contributed by atoms with Gasteiger partial charge in [0.2, 0.25) is 0 Å². The molecule has 19 heavy (non-hydrogen) atoms. The smallest absolute Gasteiger partial charge is 0.311 e. The molecule has 1 nitrogen and oxygen atoms in total. The second-order valence-electron chi connectivity index (χ2n) is 5.67. The first-order valence-electron chi connectivity index (χ1n) is 6.80. The monoisotopic (exact) mass is 271 g/mol. The van der Waals surface area contributed by atoms with Crippen LogP contribution in [0.15, 0.2) is 24.3 Å². The van der Waals surface area contributed by atoms with Crippen molar-refractivity contribution >= 4 is 0 Å². The first kappa shape index (κ1) is 14.4. The molecule has 0 bridgehead atoms. The van der Waals surface area contributed by atoms with Gasteiger partial charge in [0.15, 0.2) is 0 Å². The van der Waals surface area contributed by atoms with Crippen LogP contribution in [0.1, 0.15) is 43.7 Å². The van der Waals surface area contributed by atoms with Crippen LogP contribution in [0.4, 0.5) is 13.2 Å². The molecule has 1 N–H and O–H groups in total. The zero-order valence-electron chi connectivity index (χ0n) is 11.2. The normalized spacial score (nSPS) is 25.1. The lowest BCUT2D eigenvalue weighted by Crippen LogP contribution is -2.43. The summed E-state index contributed by atoms with van der Waals surface area (Å²) in [5.74, 6) is 0. The van der Waals surface area contributed by atoms with Crippen LogP contribution in [0.3, 0.4) is 0 Å². The Labute approximate surface area is 112 Å². The minimum Gasteiger partial charge on any atom is -0.311 e. The van der Waals surface area contributed by atoms with Gasteiger partial charge in [0.1, 0.15) is 0 Å². The van der Waals surface area contributed by atoms with Crippen LogP contribution in [0.5, 0.6) is 0 Å². The van der Waals surface area contributed by atoms with Crippen LogP contribution in [0.25, 0.3) is 0 Å². The number of rotatable bonds is 2. The maximum Gasteiger partial charge on any atom is 0.416 e. The Bertz CT molecular complexity index is 418. The zero-order valence-corrected chi connectivity index (χ0v) is 11.2. The molecular formula is C15H20F3N. The van der Waals surface area contributed by atoms with Gasteiger partial charge in [-0.2, -0.15) is 13.2 Å². The maximum absolute atomic E-state index is 12.7. The molecule has 0 saturated carbocycles. The third kappa shape index (κ3) is 3.96. The van der Waals surface area contributed by atoms with Gasteiger partial charge in [-0.05, 0) is 44.4 Å². The van der Waals surface area contributed by atoms with E-state index in [0.717, 1.165) is 37.4 Å². The lowest BCUT2D eigenvalue weighted by Gasteiger charge is -2.29. The largest absolute Gasteiger partial charge is 0.416 e. The molecule has 1 fully saturated rings. The van der Waals surface area contributed by atoms with Crippen molar-refractivity contribution in [3.63, 3.8) is 0 Å². The molecule has 1 aromatic rings. The third-order valence-corrected chi connectivity index (χ3v) is 3.81. The van der Waals surface area contributed by atoms with Crippen LogP contribution in [-0.4, -0.2) is 12.1 Å². The summed E-state index contributed by atoms with van der Waals surface area (Å²) < 4.78 is 38.1. The molecule has 1 aromatic carbocycles. The van der Waals surface area contributed by atoms with Crippen LogP contribution >= 0.6 is 0 Å². The molecule has 0 amide bonds. The molecule has 1 heterocycles. The van der Waals surface area contributed by atoms with E-state index in [2.05, 4.69) is 12.2 Å². The molecular weight excluding hydrogens is 251 g/mol. The third-order valence-electron chi connectivity index (χ3n) is 3.81. The molecule has 0 aromatic heterocycles. The Morgan fingerprint density at radius 1 is 1.21 bits per heavy atom. The highest BCUT2D eigenvalue weighted by atomic mass is 19.4. The quantitative estimate of drug-likeness (QED) is 0.851. The second-order valence-corrected chi connectivity index (χ2v) is 5.67. The SMILES string of the molecule is CC1(Cc2cccc(C(F)(F)F)c2)CCCCCN1. The summed E-state index contributed by atoms with van der Waals surface area (Å²) in [6.07, 6.45) is 0.903. The van der Waals surface area contributed by atoms with Crippen molar-refractivity contribution in [1.29, 1.82) is 0 Å². The van der Waals surface area contributed by atoms with Gasteiger partial charge in [0.25, 0.3) is 0 Å². The molecule has 2 rings (SSSR count). The molecule has 1 unspecified atom stereocenters. The average Bonchev–Trinajstić information content (AvgIpc) is 2.53. The van der Waals surface area contributed by atoms with Crippen molar-refractivity contribution in [2.24, 2.45) is 0 Å². The highest BCUT2D eigenvalue weighted by Crippen LogP contribution is 2.31. The highest BCUT2D eigenvalue weighted by Gasteiger charge is 2.31. The van der Waals surface area contributed by atoms with Crippen LogP contribution in [0, 0.1) is 0 Å². The van der Waals surface area contributed by atoms with Gasteiger partial charge < -0.3 is 5.32 Å². The van der Waals surface area contributed by atoms with Gasteiger partial charge in [0, 0.05) is 5.54 Å². The van der Waals surface area contributed by atoms with E-state index in [1.54, 1.807) is 6.07 Å². The van der Waals surface area contributed by atoms with Crippen LogP contribution in [0.2, 0.25) is 0 Å². The Morgan fingerprint density at radius 2 is 2.00 bits per heavy atom. The van der Waals surface area contributed by atoms with E-state index >= 15 is 0 Å². The standard InChI is InChI=1S/C15H20F3N/c1-14(8-3-2-4-9-19-14)11-12-6-5-7-13(10-12)15(16,17)18/h5-7,10,19H,2-4,8-9,11H2,1H3. The number of alkyl halides is 3. The first-order valence-corrected chi connectivity index (χ1v) is 6.80. The van der Waals surface area contributed by atoms with Crippen LogP contribution in [-0.2, 0) is 12.6 Å². The van der Waals surface area contributed by atoms with Crippen molar-refractivity contribution < 1.29 is 13.2 Å². The zero-order chi connectivity index (χ0) is 13.9. The average molecular weight is 271 g/mol. The number of halogens is 3. The minimum absolute atomic E-state index is 0.0826. The fourth-order valence-electron chi connectivity index (χ4n) is 2.75. The minimum atomic E-state index is -4.26. The van der Waals surface area contributed by atoms with E-state index in [-0.39, 0.29) is 5.54 Å². The topological polar surface area (TPSA) is 12.0 Å². The summed E-state index contributed by atoms with van der Waals surface area (Å²) in [6.45, 7) is 3.06. The molecule has 0 radical (unpaired) electrons. The predicted molar refractivity (Wildman–Crippen MR) is 70.0 cm³/mol. The van der Waals surface area contributed by atoms with E-state index in [9.17, 15) is 13.2 Å². The molecule has 1 aliphatic rings. The molecule has 106 valence electrons. The Morgan fingerprint density at radius 3 is 2.74 bits per heavy atom. The van der Waals surface area contributed by atoms with Crippen molar-refractivity contribution in [3.05, 3.63) is 35.4 Å². The second kappa shape index (κ2) is 5.53. The number of hydrogen-bond acceptors (Lipinski definition) is 1. The molecule has 4 heteroatoms. The van der Waals surface area contributed by atoms with Gasteiger partial charge in [-0.25, -0.2) is 0 Å². The lowest BCUT2D eigenvalue weighted by atomic mass is 9.88. The Hall–Kier alpha value is -1.03. The van der Waals surface area contributed by atoms with Crippen molar-refractivity contribution in [2.75, 3.05) is 6.54 Å². The Balaban J connectivity index is 2.14. The summed E-state index contributed by atoms with van der Waals surface area (Å²) in [4.78, 5) is 0. The summed E-state index contributed by atoms with van der Waals surface area (Å²) in [6, 6.07) is 5.69. The van der Waals surface area contributed by atoms with Crippen molar-refractivity contribution in [3.8, 4) is 0 Å². The predicted octanol–water partition coefficient (Wildman–Crippen LogP) is 4.17. The number of nitrogens with one attached hydrogen (secondary N) is 1. The summed E-state index contributed by atoms with van der Waals surface area (Å²) in [7, 11) is 0. The van der Waals surface area contributed by atoms with Gasteiger partial charge in [-0.1, -0.05) is 31.0 Å². The van der Waals surface area contributed by atoms with E-state index < -0.39 is 11.7 Å². The summed E-state index contributed by atoms with van der Waals surface area (Å²) in [5, 5.41) is 3.48. The first-order chi connectivity index (χ1) is 8.89. The molecule has 1 aliphatic heterocycles.